The first-order valence-corrected chi connectivity index (χ1v) is 13.9. The second-order valence-electron chi connectivity index (χ2n) is 10.7. The minimum atomic E-state index is -5.28. The van der Waals surface area contributed by atoms with Crippen LogP contribution in [0, 0.1) is 0 Å². The number of carbonyl (C=O) groups excluding carboxylic acids is 2. The molecule has 3 aromatic rings. The van der Waals surface area contributed by atoms with E-state index in [1.807, 2.05) is 0 Å². The van der Waals surface area contributed by atoms with Gasteiger partial charge < -0.3 is 19.7 Å². The zero-order valence-corrected chi connectivity index (χ0v) is 24.8. The van der Waals surface area contributed by atoms with Gasteiger partial charge in [0.05, 0.1) is 40.6 Å². The maximum Gasteiger partial charge on any atom is 0.416 e. The van der Waals surface area contributed by atoms with Gasteiger partial charge in [0, 0.05) is 12.8 Å². The van der Waals surface area contributed by atoms with Crippen LogP contribution >= 0.6 is 0 Å². The zero-order chi connectivity index (χ0) is 35.1. The number of carbonyl (C=O) groups is 2. The number of benzene rings is 2. The first-order chi connectivity index (χ1) is 21.7. The van der Waals surface area contributed by atoms with Crippen LogP contribution in [0.15, 0.2) is 40.9 Å². The standard InChI is InChI=1S/C29H27F9N4O5/c1-4-26(39)12-20(19-11-16(27(30,31)32)6-7-21(19)42(26)25(44)45-5-2)23(24-40-22(47-41-24)13-46-14(3)43)15-8-17(28(33,34)35)10-18(9-15)29(36,37)38/h6-11,20,23H,4-5,12-13,39H2,1-3H3/t20-,23?,26-/m1/s1. The number of ether oxygens (including phenoxy) is 2. The molecule has 0 spiro atoms. The minimum Gasteiger partial charge on any atom is -0.456 e. The molecule has 47 heavy (non-hydrogen) atoms. The van der Waals surface area contributed by atoms with Gasteiger partial charge in [0.1, 0.15) is 0 Å². The second-order valence-corrected chi connectivity index (χ2v) is 10.7. The largest absolute Gasteiger partial charge is 0.456 e. The van der Waals surface area contributed by atoms with Crippen molar-refractivity contribution in [3.63, 3.8) is 0 Å². The van der Waals surface area contributed by atoms with Crippen LogP contribution in [0.3, 0.4) is 0 Å². The molecule has 1 aromatic heterocycles. The molecule has 2 aromatic carbocycles. The predicted octanol–water partition coefficient (Wildman–Crippen LogP) is 7.54. The van der Waals surface area contributed by atoms with Crippen molar-refractivity contribution in [2.45, 2.75) is 76.2 Å². The van der Waals surface area contributed by atoms with E-state index < -0.39 is 95.1 Å². The van der Waals surface area contributed by atoms with Crippen molar-refractivity contribution >= 4 is 17.7 Å². The van der Waals surface area contributed by atoms with E-state index in [9.17, 15) is 49.1 Å². The van der Waals surface area contributed by atoms with Gasteiger partial charge in [-0.3, -0.25) is 9.69 Å². The Hall–Kier alpha value is -4.35. The fourth-order valence-corrected chi connectivity index (χ4v) is 5.46. The number of anilines is 1. The summed E-state index contributed by atoms with van der Waals surface area (Å²) >= 11 is 0. The highest BCUT2D eigenvalue weighted by atomic mass is 19.4. The Morgan fingerprint density at radius 3 is 2.06 bits per heavy atom. The average molecular weight is 683 g/mol. The zero-order valence-electron chi connectivity index (χ0n) is 24.8. The van der Waals surface area contributed by atoms with Crippen molar-refractivity contribution in [2.24, 2.45) is 5.73 Å². The molecule has 0 saturated heterocycles. The molecule has 18 heteroatoms. The Bertz CT molecular complexity index is 1600. The molecule has 9 nitrogen and oxygen atoms in total. The highest BCUT2D eigenvalue weighted by molar-refractivity contribution is 5.91. The third-order valence-electron chi connectivity index (χ3n) is 7.61. The van der Waals surface area contributed by atoms with E-state index in [-0.39, 0.29) is 30.3 Å². The van der Waals surface area contributed by atoms with Crippen LogP contribution in [0.4, 0.5) is 50.0 Å². The molecule has 0 aliphatic carbocycles. The number of amides is 1. The highest BCUT2D eigenvalue weighted by Crippen LogP contribution is 2.53. The Balaban J connectivity index is 2.08. The normalized spacial score (nSPS) is 19.3. The lowest BCUT2D eigenvalue weighted by molar-refractivity contribution is -0.144. The Labute approximate surface area is 260 Å². The summed E-state index contributed by atoms with van der Waals surface area (Å²) in [5.74, 6) is -4.99. The summed E-state index contributed by atoms with van der Waals surface area (Å²) in [6.45, 7) is 3.24. The Morgan fingerprint density at radius 2 is 1.55 bits per heavy atom. The van der Waals surface area contributed by atoms with Crippen molar-refractivity contribution < 1.29 is 63.1 Å². The quantitative estimate of drug-likeness (QED) is 0.201. The molecule has 1 aliphatic rings. The SMILES string of the molecule is CCOC(=O)N1c2ccc(C(F)(F)F)cc2[C@H](C(c2cc(C(F)(F)F)cc(C(F)(F)F)c2)c2noc(COC(C)=O)n2)C[C@@]1(N)CC. The van der Waals surface area contributed by atoms with Crippen LogP contribution in [-0.2, 0) is 39.4 Å². The summed E-state index contributed by atoms with van der Waals surface area (Å²) in [7, 11) is 0. The topological polar surface area (TPSA) is 121 Å². The summed E-state index contributed by atoms with van der Waals surface area (Å²) < 4.78 is 141. The molecule has 0 saturated carbocycles. The number of rotatable bonds is 7. The number of aromatic nitrogens is 2. The van der Waals surface area contributed by atoms with E-state index >= 15 is 0 Å². The van der Waals surface area contributed by atoms with Crippen LogP contribution in [0.1, 0.15) is 85.0 Å². The van der Waals surface area contributed by atoms with Gasteiger partial charge in [0.2, 0.25) is 0 Å². The van der Waals surface area contributed by atoms with Crippen molar-refractivity contribution in [3.05, 3.63) is 75.9 Å². The van der Waals surface area contributed by atoms with Gasteiger partial charge >= 0.3 is 30.6 Å². The first kappa shape index (κ1) is 35.5. The maximum atomic E-state index is 14.0. The summed E-state index contributed by atoms with van der Waals surface area (Å²) in [6, 6.07) is 2.89. The first-order valence-electron chi connectivity index (χ1n) is 13.9. The van der Waals surface area contributed by atoms with E-state index in [1.54, 1.807) is 0 Å². The van der Waals surface area contributed by atoms with E-state index in [4.69, 9.17) is 19.7 Å². The molecule has 2 heterocycles. The molecule has 4 rings (SSSR count). The second kappa shape index (κ2) is 12.7. The number of nitrogens with zero attached hydrogens (tertiary/aromatic N) is 3. The van der Waals surface area contributed by atoms with Crippen molar-refractivity contribution in [1.29, 1.82) is 0 Å². The number of hydrogen-bond acceptors (Lipinski definition) is 8. The molecule has 0 bridgehead atoms. The molecule has 2 N–H and O–H groups in total. The predicted molar refractivity (Wildman–Crippen MR) is 144 cm³/mol. The van der Waals surface area contributed by atoms with Gasteiger partial charge in [0.15, 0.2) is 12.4 Å². The van der Waals surface area contributed by atoms with E-state index in [0.717, 1.165) is 17.9 Å². The van der Waals surface area contributed by atoms with Gasteiger partial charge in [-0.15, -0.1) is 0 Å². The van der Waals surface area contributed by atoms with Gasteiger partial charge in [-0.2, -0.15) is 44.5 Å². The molecule has 1 amide bonds. The van der Waals surface area contributed by atoms with Crippen LogP contribution in [0.25, 0.3) is 0 Å². The summed E-state index contributed by atoms with van der Waals surface area (Å²) in [5, 5.41) is 3.72. The molecular weight excluding hydrogens is 655 g/mol. The van der Waals surface area contributed by atoms with Gasteiger partial charge in [-0.05, 0) is 67.3 Å². The van der Waals surface area contributed by atoms with Crippen molar-refractivity contribution in [2.75, 3.05) is 11.5 Å². The maximum absolute atomic E-state index is 14.0. The van der Waals surface area contributed by atoms with Crippen LogP contribution in [0.2, 0.25) is 0 Å². The number of hydrogen-bond donors (Lipinski definition) is 1. The van der Waals surface area contributed by atoms with Gasteiger partial charge in [0.25, 0.3) is 5.89 Å². The molecule has 256 valence electrons. The number of nitrogens with two attached hydrogens (primary N) is 1. The highest BCUT2D eigenvalue weighted by Gasteiger charge is 2.50. The average Bonchev–Trinajstić information content (AvgIpc) is 3.43. The Morgan fingerprint density at radius 1 is 0.957 bits per heavy atom. The lowest BCUT2D eigenvalue weighted by Crippen LogP contribution is -2.62. The molecule has 0 fully saturated rings. The summed E-state index contributed by atoms with van der Waals surface area (Å²) in [5.41, 5.74) is -0.996. The number of alkyl halides is 9. The molecule has 3 atom stereocenters. The van der Waals surface area contributed by atoms with Crippen LogP contribution in [-0.4, -0.2) is 34.5 Å². The van der Waals surface area contributed by atoms with E-state index in [0.29, 0.717) is 24.3 Å². The van der Waals surface area contributed by atoms with Crippen molar-refractivity contribution in [3.8, 4) is 0 Å². The van der Waals surface area contributed by atoms with E-state index in [2.05, 4.69) is 10.1 Å². The Kier molecular flexibility index (Phi) is 9.58. The van der Waals surface area contributed by atoms with E-state index in [1.165, 1.54) is 13.8 Å². The third-order valence-corrected chi connectivity index (χ3v) is 7.61. The van der Waals surface area contributed by atoms with Crippen LogP contribution < -0.4 is 10.6 Å². The summed E-state index contributed by atoms with van der Waals surface area (Å²) in [4.78, 5) is 29.4. The molecular formula is C29H27F9N4O5. The lowest BCUT2D eigenvalue weighted by Gasteiger charge is -2.48. The fourth-order valence-electron chi connectivity index (χ4n) is 5.46. The molecule has 1 unspecified atom stereocenters. The molecule has 0 radical (unpaired) electrons. The van der Waals surface area contributed by atoms with Gasteiger partial charge in [-0.1, -0.05) is 12.1 Å². The smallest absolute Gasteiger partial charge is 0.416 e. The number of halogens is 9. The lowest BCUT2D eigenvalue weighted by atomic mass is 9.71. The van der Waals surface area contributed by atoms with Gasteiger partial charge in [-0.25, -0.2) is 4.79 Å². The van der Waals surface area contributed by atoms with Crippen LogP contribution in [0.5, 0.6) is 0 Å². The van der Waals surface area contributed by atoms with Crippen molar-refractivity contribution in [1.82, 2.24) is 10.1 Å². The minimum absolute atomic E-state index is 0.0875. The number of esters is 1. The fraction of sp³-hybridized carbons (Fsp3) is 0.448. The summed E-state index contributed by atoms with van der Waals surface area (Å²) in [6.07, 6.45) is -17.2. The monoisotopic (exact) mass is 682 g/mol. The third kappa shape index (κ3) is 7.47. The number of fused-ring (bicyclic) bond motifs is 1. The molecule has 1 aliphatic heterocycles.